The van der Waals surface area contributed by atoms with Gasteiger partial charge in [0.2, 0.25) is 0 Å². The Labute approximate surface area is 123 Å². The number of hydrogen-bond acceptors (Lipinski definition) is 5. The van der Waals surface area contributed by atoms with Gasteiger partial charge in [-0.2, -0.15) is 4.31 Å². The third-order valence-corrected chi connectivity index (χ3v) is 6.70. The molecule has 5 nitrogen and oxygen atoms in total. The molecule has 0 bridgehead atoms. The van der Waals surface area contributed by atoms with Gasteiger partial charge in [-0.1, -0.05) is 22.9 Å². The lowest BCUT2D eigenvalue weighted by atomic mass is 9.98. The maximum Gasteiger partial charge on any atom is 0.254 e. The molecule has 1 aliphatic rings. The van der Waals surface area contributed by atoms with Crippen LogP contribution in [0.1, 0.15) is 12.8 Å². The Morgan fingerprint density at radius 2 is 2.11 bits per heavy atom. The molecule has 8 heteroatoms. The molecule has 0 aromatic carbocycles. The van der Waals surface area contributed by atoms with Crippen LogP contribution in [0.15, 0.2) is 10.4 Å². The van der Waals surface area contributed by atoms with Gasteiger partial charge in [-0.15, -0.1) is 0 Å². The molecular formula is C11H18ClN3O2S2. The van der Waals surface area contributed by atoms with Crippen molar-refractivity contribution >= 4 is 33.0 Å². The van der Waals surface area contributed by atoms with E-state index < -0.39 is 10.0 Å². The fourth-order valence-electron chi connectivity index (χ4n) is 2.33. The first kappa shape index (κ1) is 15.2. The highest BCUT2D eigenvalue weighted by molar-refractivity contribution is 7.91. The van der Waals surface area contributed by atoms with Gasteiger partial charge >= 0.3 is 0 Å². The van der Waals surface area contributed by atoms with Gasteiger partial charge in [0.25, 0.3) is 10.0 Å². The number of halogens is 1. The van der Waals surface area contributed by atoms with Crippen molar-refractivity contribution in [1.82, 2.24) is 14.2 Å². The van der Waals surface area contributed by atoms with Crippen LogP contribution in [-0.2, 0) is 10.0 Å². The van der Waals surface area contributed by atoms with Crippen LogP contribution in [0.3, 0.4) is 0 Å². The molecule has 1 aromatic rings. The lowest BCUT2D eigenvalue weighted by Gasteiger charge is -2.31. The molecule has 0 spiro atoms. The van der Waals surface area contributed by atoms with Gasteiger partial charge in [-0.25, -0.2) is 13.4 Å². The molecule has 2 rings (SSSR count). The molecule has 0 amide bonds. The van der Waals surface area contributed by atoms with E-state index in [0.717, 1.165) is 30.7 Å². The van der Waals surface area contributed by atoms with Gasteiger partial charge in [-0.3, -0.25) is 0 Å². The second kappa shape index (κ2) is 6.05. The summed E-state index contributed by atoms with van der Waals surface area (Å²) in [5.74, 6) is 0.575. The van der Waals surface area contributed by atoms with Gasteiger partial charge in [0.05, 0.1) is 6.20 Å². The van der Waals surface area contributed by atoms with Crippen molar-refractivity contribution < 1.29 is 8.42 Å². The van der Waals surface area contributed by atoms with E-state index in [1.165, 1.54) is 6.20 Å². The summed E-state index contributed by atoms with van der Waals surface area (Å²) in [6, 6.07) is 0. The standard InChI is InChI=1S/C11H18ClN3O2S2/c1-14(2)8-9-3-5-15(6-4-9)19(16,17)10-7-13-11(12)18-10/h7,9H,3-6,8H2,1-2H3. The fraction of sp³-hybridized carbons (Fsp3) is 0.727. The summed E-state index contributed by atoms with van der Waals surface area (Å²) in [7, 11) is 0.686. The van der Waals surface area contributed by atoms with Gasteiger partial charge in [0.15, 0.2) is 8.68 Å². The van der Waals surface area contributed by atoms with Gasteiger partial charge in [0.1, 0.15) is 0 Å². The number of rotatable bonds is 4. The van der Waals surface area contributed by atoms with Crippen LogP contribution < -0.4 is 0 Å². The first-order valence-corrected chi connectivity index (χ1v) is 8.79. The molecule has 0 radical (unpaired) electrons. The molecule has 1 aromatic heterocycles. The Morgan fingerprint density at radius 1 is 1.47 bits per heavy atom. The van der Waals surface area contributed by atoms with Crippen molar-refractivity contribution in [1.29, 1.82) is 0 Å². The van der Waals surface area contributed by atoms with Gasteiger partial charge in [0, 0.05) is 19.6 Å². The van der Waals surface area contributed by atoms with Crippen LogP contribution in [0.2, 0.25) is 4.47 Å². The zero-order valence-electron chi connectivity index (χ0n) is 11.0. The molecule has 0 aliphatic carbocycles. The van der Waals surface area contributed by atoms with E-state index in [4.69, 9.17) is 11.6 Å². The summed E-state index contributed by atoms with van der Waals surface area (Å²) < 4.78 is 26.8. The minimum atomic E-state index is -3.40. The lowest BCUT2D eigenvalue weighted by molar-refractivity contribution is 0.225. The summed E-state index contributed by atoms with van der Waals surface area (Å²) in [5.41, 5.74) is 0. The van der Waals surface area contributed by atoms with E-state index in [1.807, 2.05) is 14.1 Å². The highest BCUT2D eigenvalue weighted by Gasteiger charge is 2.30. The van der Waals surface area contributed by atoms with Crippen molar-refractivity contribution in [3.8, 4) is 0 Å². The summed E-state index contributed by atoms with van der Waals surface area (Å²) in [5, 5.41) is 0. The SMILES string of the molecule is CN(C)CC1CCN(S(=O)(=O)c2cnc(Cl)s2)CC1. The number of sulfonamides is 1. The predicted octanol–water partition coefficient (Wildman–Crippen LogP) is 1.76. The number of aromatic nitrogens is 1. The Balaban J connectivity index is 2.01. The second-order valence-corrected chi connectivity index (χ2v) is 8.82. The average Bonchev–Trinajstić information content (AvgIpc) is 2.76. The van der Waals surface area contributed by atoms with E-state index in [0.29, 0.717) is 19.0 Å². The monoisotopic (exact) mass is 323 g/mol. The average molecular weight is 324 g/mol. The molecule has 0 N–H and O–H groups in total. The Bertz CT molecular complexity index is 522. The number of thiazole rings is 1. The van der Waals surface area contributed by atoms with Gasteiger partial charge in [-0.05, 0) is 32.9 Å². The van der Waals surface area contributed by atoms with Gasteiger partial charge < -0.3 is 4.90 Å². The highest BCUT2D eigenvalue weighted by atomic mass is 35.5. The number of piperidine rings is 1. The van der Waals surface area contributed by atoms with Crippen molar-refractivity contribution in [3.05, 3.63) is 10.7 Å². The topological polar surface area (TPSA) is 53.5 Å². The quantitative estimate of drug-likeness (QED) is 0.847. The third kappa shape index (κ3) is 3.66. The Hall–Kier alpha value is -0.210. The zero-order valence-corrected chi connectivity index (χ0v) is 13.4. The lowest BCUT2D eigenvalue weighted by Crippen LogP contribution is -2.40. The largest absolute Gasteiger partial charge is 0.309 e. The van der Waals surface area contributed by atoms with Crippen LogP contribution >= 0.6 is 22.9 Å². The normalized spacial score (nSPS) is 19.2. The molecule has 1 fully saturated rings. The number of nitrogens with zero attached hydrogens (tertiary/aromatic N) is 3. The Kier molecular flexibility index (Phi) is 4.84. The van der Waals surface area contributed by atoms with E-state index in [9.17, 15) is 8.42 Å². The maximum absolute atomic E-state index is 12.4. The summed E-state index contributed by atoms with van der Waals surface area (Å²) in [4.78, 5) is 5.95. The Morgan fingerprint density at radius 3 is 2.58 bits per heavy atom. The van der Waals surface area contributed by atoms with Crippen molar-refractivity contribution in [2.45, 2.75) is 17.1 Å². The fourth-order valence-corrected chi connectivity index (χ4v) is 5.25. The summed E-state index contributed by atoms with van der Waals surface area (Å²) >= 11 is 6.72. The first-order valence-electron chi connectivity index (χ1n) is 6.16. The first-order chi connectivity index (χ1) is 8.89. The maximum atomic E-state index is 12.4. The second-order valence-electron chi connectivity index (χ2n) is 5.04. The van der Waals surface area contributed by atoms with Crippen LogP contribution in [0, 0.1) is 5.92 Å². The van der Waals surface area contributed by atoms with E-state index in [1.54, 1.807) is 4.31 Å². The predicted molar refractivity (Wildman–Crippen MR) is 77.2 cm³/mol. The van der Waals surface area contributed by atoms with Crippen molar-refractivity contribution in [3.63, 3.8) is 0 Å². The van der Waals surface area contributed by atoms with Crippen molar-refractivity contribution in [2.24, 2.45) is 5.92 Å². The van der Waals surface area contributed by atoms with Crippen molar-refractivity contribution in [2.75, 3.05) is 33.7 Å². The number of hydrogen-bond donors (Lipinski definition) is 0. The summed E-state index contributed by atoms with van der Waals surface area (Å²) in [6.45, 7) is 2.17. The minimum Gasteiger partial charge on any atom is -0.309 e. The van der Waals surface area contributed by atoms with Crippen LogP contribution in [0.4, 0.5) is 0 Å². The molecule has 1 saturated heterocycles. The van der Waals surface area contributed by atoms with E-state index in [-0.39, 0.29) is 8.68 Å². The minimum absolute atomic E-state index is 0.239. The molecule has 0 unspecified atom stereocenters. The third-order valence-electron chi connectivity index (χ3n) is 3.25. The van der Waals surface area contributed by atoms with E-state index in [2.05, 4.69) is 9.88 Å². The zero-order chi connectivity index (χ0) is 14.0. The molecule has 108 valence electrons. The molecule has 0 atom stereocenters. The van der Waals surface area contributed by atoms with Crippen LogP contribution in [0.5, 0.6) is 0 Å². The molecule has 19 heavy (non-hydrogen) atoms. The van der Waals surface area contributed by atoms with Crippen LogP contribution in [-0.4, -0.2) is 56.3 Å². The van der Waals surface area contributed by atoms with Crippen LogP contribution in [0.25, 0.3) is 0 Å². The summed E-state index contributed by atoms with van der Waals surface area (Å²) in [6.07, 6.45) is 3.15. The smallest absolute Gasteiger partial charge is 0.254 e. The van der Waals surface area contributed by atoms with E-state index >= 15 is 0 Å². The highest BCUT2D eigenvalue weighted by Crippen LogP contribution is 2.28. The molecule has 2 heterocycles. The molecular weight excluding hydrogens is 306 g/mol. The molecule has 0 saturated carbocycles. The molecule has 1 aliphatic heterocycles.